The molecule has 0 spiro atoms. The highest BCUT2D eigenvalue weighted by Gasteiger charge is 2.23. The van der Waals surface area contributed by atoms with E-state index in [1.54, 1.807) is 0 Å². The molecule has 1 saturated carbocycles. The zero-order valence-corrected chi connectivity index (χ0v) is 6.22. The van der Waals surface area contributed by atoms with Crippen molar-refractivity contribution in [3.05, 3.63) is 0 Å². The third-order valence-corrected chi connectivity index (χ3v) is 2.32. The highest BCUT2D eigenvalue weighted by molar-refractivity contribution is 4.74. The van der Waals surface area contributed by atoms with Gasteiger partial charge in [-0.3, -0.25) is 0 Å². The van der Waals surface area contributed by atoms with Crippen molar-refractivity contribution in [2.24, 2.45) is 5.92 Å². The largest absolute Gasteiger partial charge is 0.396 e. The van der Waals surface area contributed by atoms with E-state index >= 15 is 0 Å². The third kappa shape index (κ3) is 1.94. The van der Waals surface area contributed by atoms with Gasteiger partial charge in [0.2, 0.25) is 0 Å². The van der Waals surface area contributed by atoms with Gasteiger partial charge in [0.1, 0.15) is 6.17 Å². The van der Waals surface area contributed by atoms with Crippen LogP contribution in [0.2, 0.25) is 0 Å². The summed E-state index contributed by atoms with van der Waals surface area (Å²) in [5, 5.41) is 8.57. The molecular formula is C8H15FO. The standard InChI is InChI=1S/C8H15FO/c9-8-4-2-1-3-7(8)5-6-10/h7-8,10H,1-6H2/t7-,8+/m0/s1. The summed E-state index contributed by atoms with van der Waals surface area (Å²) in [4.78, 5) is 0. The Hall–Kier alpha value is -0.110. The van der Waals surface area contributed by atoms with Crippen LogP contribution in [0.25, 0.3) is 0 Å². The first kappa shape index (κ1) is 7.99. The summed E-state index contributed by atoms with van der Waals surface area (Å²) in [6.45, 7) is 0.144. The zero-order chi connectivity index (χ0) is 7.40. The molecule has 0 radical (unpaired) electrons. The fourth-order valence-electron chi connectivity index (χ4n) is 1.65. The lowest BCUT2D eigenvalue weighted by Crippen LogP contribution is -2.21. The summed E-state index contributed by atoms with van der Waals surface area (Å²) in [6.07, 6.45) is 3.88. The molecule has 1 fully saturated rings. The molecule has 1 aliphatic rings. The highest BCUT2D eigenvalue weighted by atomic mass is 19.1. The maximum absolute atomic E-state index is 12.9. The monoisotopic (exact) mass is 146 g/mol. The molecule has 0 aliphatic heterocycles. The van der Waals surface area contributed by atoms with Gasteiger partial charge < -0.3 is 5.11 Å². The van der Waals surface area contributed by atoms with Crippen LogP contribution in [0.5, 0.6) is 0 Å². The van der Waals surface area contributed by atoms with Gasteiger partial charge in [-0.15, -0.1) is 0 Å². The van der Waals surface area contributed by atoms with Crippen LogP contribution in [0.3, 0.4) is 0 Å². The van der Waals surface area contributed by atoms with Crippen LogP contribution in [0.1, 0.15) is 32.1 Å². The van der Waals surface area contributed by atoms with Crippen LogP contribution < -0.4 is 0 Å². The molecule has 0 aromatic heterocycles. The summed E-state index contributed by atoms with van der Waals surface area (Å²) in [5.74, 6) is 0.152. The Bertz CT molecular complexity index is 93.3. The van der Waals surface area contributed by atoms with E-state index in [1.165, 1.54) is 0 Å². The number of rotatable bonds is 2. The fourth-order valence-corrected chi connectivity index (χ4v) is 1.65. The van der Waals surface area contributed by atoms with Crippen LogP contribution >= 0.6 is 0 Å². The maximum Gasteiger partial charge on any atom is 0.103 e. The molecule has 1 nitrogen and oxygen atoms in total. The minimum Gasteiger partial charge on any atom is -0.396 e. The lowest BCUT2D eigenvalue weighted by atomic mass is 9.86. The third-order valence-electron chi connectivity index (χ3n) is 2.32. The quantitative estimate of drug-likeness (QED) is 0.630. The zero-order valence-electron chi connectivity index (χ0n) is 6.22. The molecule has 2 atom stereocenters. The van der Waals surface area contributed by atoms with Crippen molar-refractivity contribution >= 4 is 0 Å². The van der Waals surface area contributed by atoms with Crippen molar-refractivity contribution in [2.45, 2.75) is 38.3 Å². The van der Waals surface area contributed by atoms with Gasteiger partial charge in [-0.2, -0.15) is 0 Å². The summed E-state index contributed by atoms with van der Waals surface area (Å²) in [6, 6.07) is 0. The van der Waals surface area contributed by atoms with Gasteiger partial charge in [-0.1, -0.05) is 12.8 Å². The maximum atomic E-state index is 12.9. The predicted molar refractivity (Wildman–Crippen MR) is 38.6 cm³/mol. The average molecular weight is 146 g/mol. The molecule has 60 valence electrons. The molecule has 0 aromatic rings. The number of halogens is 1. The van der Waals surface area contributed by atoms with Crippen LogP contribution in [0.4, 0.5) is 4.39 Å². The Morgan fingerprint density at radius 2 is 2.00 bits per heavy atom. The number of alkyl halides is 1. The van der Waals surface area contributed by atoms with Crippen LogP contribution in [-0.2, 0) is 0 Å². The van der Waals surface area contributed by atoms with E-state index in [0.29, 0.717) is 12.8 Å². The second-order valence-corrected chi connectivity index (χ2v) is 3.07. The topological polar surface area (TPSA) is 20.2 Å². The Kier molecular flexibility index (Phi) is 3.13. The second-order valence-electron chi connectivity index (χ2n) is 3.07. The number of hydrogen-bond acceptors (Lipinski definition) is 1. The van der Waals surface area contributed by atoms with Crippen molar-refractivity contribution in [3.8, 4) is 0 Å². The van der Waals surface area contributed by atoms with Crippen molar-refractivity contribution in [3.63, 3.8) is 0 Å². The molecule has 10 heavy (non-hydrogen) atoms. The van der Waals surface area contributed by atoms with Crippen LogP contribution in [-0.4, -0.2) is 17.9 Å². The first-order chi connectivity index (χ1) is 4.84. The van der Waals surface area contributed by atoms with Crippen molar-refractivity contribution in [2.75, 3.05) is 6.61 Å². The van der Waals surface area contributed by atoms with Gasteiger partial charge >= 0.3 is 0 Å². The average Bonchev–Trinajstić information content (AvgIpc) is 1.94. The van der Waals surface area contributed by atoms with Gasteiger partial charge in [0.15, 0.2) is 0 Å². The van der Waals surface area contributed by atoms with Gasteiger partial charge in [0.25, 0.3) is 0 Å². The molecule has 0 saturated heterocycles. The van der Waals surface area contributed by atoms with E-state index < -0.39 is 6.17 Å². The van der Waals surface area contributed by atoms with Crippen LogP contribution in [0, 0.1) is 5.92 Å². The minimum atomic E-state index is -0.638. The van der Waals surface area contributed by atoms with Gasteiger partial charge in [-0.05, 0) is 25.2 Å². The van der Waals surface area contributed by atoms with Gasteiger partial charge in [-0.25, -0.2) is 4.39 Å². The van der Waals surface area contributed by atoms with Gasteiger partial charge in [0.05, 0.1) is 0 Å². The SMILES string of the molecule is OCC[C@@H]1CCCC[C@H]1F. The highest BCUT2D eigenvalue weighted by Crippen LogP contribution is 2.28. The molecule has 0 unspecified atom stereocenters. The summed E-state index contributed by atoms with van der Waals surface area (Å²) >= 11 is 0. The molecular weight excluding hydrogens is 131 g/mol. The Morgan fingerprint density at radius 3 is 2.60 bits per heavy atom. The number of aliphatic hydroxyl groups is 1. The predicted octanol–water partition coefficient (Wildman–Crippen LogP) is 1.90. The van der Waals surface area contributed by atoms with E-state index in [4.69, 9.17) is 5.11 Å². The summed E-state index contributed by atoms with van der Waals surface area (Å²) < 4.78 is 12.9. The first-order valence-corrected chi connectivity index (χ1v) is 4.09. The summed E-state index contributed by atoms with van der Waals surface area (Å²) in [5.41, 5.74) is 0. The minimum absolute atomic E-state index is 0.144. The van der Waals surface area contributed by atoms with Crippen molar-refractivity contribution in [1.82, 2.24) is 0 Å². The molecule has 2 heteroatoms. The molecule has 1 aliphatic carbocycles. The lowest BCUT2D eigenvalue weighted by molar-refractivity contribution is 0.133. The van der Waals surface area contributed by atoms with E-state index in [9.17, 15) is 4.39 Å². The Morgan fingerprint density at radius 1 is 1.30 bits per heavy atom. The number of hydrogen-bond donors (Lipinski definition) is 1. The lowest BCUT2D eigenvalue weighted by Gasteiger charge is -2.24. The van der Waals surface area contributed by atoms with E-state index in [-0.39, 0.29) is 12.5 Å². The molecule has 0 heterocycles. The van der Waals surface area contributed by atoms with Crippen molar-refractivity contribution < 1.29 is 9.50 Å². The molecule has 0 aromatic carbocycles. The molecule has 1 rings (SSSR count). The molecule has 1 N–H and O–H groups in total. The smallest absolute Gasteiger partial charge is 0.103 e. The molecule has 0 amide bonds. The van der Waals surface area contributed by atoms with Crippen molar-refractivity contribution in [1.29, 1.82) is 0 Å². The first-order valence-electron chi connectivity index (χ1n) is 4.09. The Labute approximate surface area is 61.2 Å². The number of aliphatic hydroxyl groups excluding tert-OH is 1. The van der Waals surface area contributed by atoms with Crippen LogP contribution in [0.15, 0.2) is 0 Å². The Balaban J connectivity index is 2.25. The molecule has 0 bridgehead atoms. The van der Waals surface area contributed by atoms with Gasteiger partial charge in [0, 0.05) is 6.61 Å². The van der Waals surface area contributed by atoms with E-state index in [0.717, 1.165) is 19.3 Å². The normalized spacial score (nSPS) is 34.2. The fraction of sp³-hybridized carbons (Fsp3) is 1.00. The van der Waals surface area contributed by atoms with E-state index in [1.807, 2.05) is 0 Å². The summed E-state index contributed by atoms with van der Waals surface area (Å²) in [7, 11) is 0. The van der Waals surface area contributed by atoms with E-state index in [2.05, 4.69) is 0 Å². The second kappa shape index (κ2) is 3.91.